The molecule has 0 radical (unpaired) electrons. The summed E-state index contributed by atoms with van der Waals surface area (Å²) < 4.78 is 1.08. The summed E-state index contributed by atoms with van der Waals surface area (Å²) in [6.45, 7) is 0. The molecule has 0 unspecified atom stereocenters. The molecule has 0 aliphatic heterocycles. The lowest BCUT2D eigenvalue weighted by Crippen LogP contribution is -1.69. The lowest BCUT2D eigenvalue weighted by atomic mass is 10.3. The summed E-state index contributed by atoms with van der Waals surface area (Å²) in [6, 6.07) is 6.12. The highest BCUT2D eigenvalue weighted by molar-refractivity contribution is 7.98. The van der Waals surface area contributed by atoms with E-state index in [-0.39, 0.29) is 0 Å². The van der Waals surface area contributed by atoms with Crippen molar-refractivity contribution in [1.29, 1.82) is 0 Å². The normalized spacial score (nSPS) is 10.9. The van der Waals surface area contributed by atoms with Crippen LogP contribution in [0.2, 0.25) is 0 Å². The Morgan fingerprint density at radius 3 is 2.92 bits per heavy atom. The summed E-state index contributed by atoms with van der Waals surface area (Å²) in [5.41, 5.74) is 0. The van der Waals surface area contributed by atoms with Crippen LogP contribution in [0.15, 0.2) is 28.0 Å². The van der Waals surface area contributed by atoms with Gasteiger partial charge in [-0.2, -0.15) is 0 Å². The average Bonchev–Trinajstić information content (AvgIpc) is 2.43. The van der Waals surface area contributed by atoms with E-state index < -0.39 is 0 Å². The van der Waals surface area contributed by atoms with Crippen LogP contribution < -0.4 is 0 Å². The van der Waals surface area contributed by atoms with E-state index in [1.165, 1.54) is 16.2 Å². The van der Waals surface area contributed by atoms with E-state index >= 15 is 0 Å². The highest BCUT2D eigenvalue weighted by atomic mass is 32.2. The molecule has 0 aliphatic rings. The molecular formula is C9H8OS3. The average molecular weight is 228 g/mol. The number of thioether (sulfide) groups is 1. The number of hydrogen-bond acceptors (Lipinski definition) is 4. The van der Waals surface area contributed by atoms with Gasteiger partial charge in [0.15, 0.2) is 5.06 Å². The van der Waals surface area contributed by atoms with Crippen LogP contribution in [0.25, 0.3) is 10.1 Å². The fourth-order valence-corrected chi connectivity index (χ4v) is 2.84. The Balaban J connectivity index is 2.75. The van der Waals surface area contributed by atoms with Gasteiger partial charge in [-0.15, -0.1) is 24.4 Å². The van der Waals surface area contributed by atoms with E-state index in [4.69, 9.17) is 0 Å². The smallest absolute Gasteiger partial charge is 0.186 e. The predicted octanol–water partition coefficient (Wildman–Crippen LogP) is 3.62. The molecule has 2 aromatic rings. The van der Waals surface area contributed by atoms with Crippen molar-refractivity contribution in [3.05, 3.63) is 18.2 Å². The van der Waals surface area contributed by atoms with Gasteiger partial charge in [0.1, 0.15) is 0 Å². The molecule has 0 atom stereocenters. The summed E-state index contributed by atoms with van der Waals surface area (Å²) >= 11 is 7.31. The first kappa shape index (κ1) is 9.24. The number of rotatable bonds is 1. The maximum Gasteiger partial charge on any atom is 0.186 e. The first-order valence-corrected chi connectivity index (χ1v) is 6.19. The molecule has 0 saturated carbocycles. The van der Waals surface area contributed by atoms with Crippen LogP contribution >= 0.6 is 35.7 Å². The van der Waals surface area contributed by atoms with Crippen molar-refractivity contribution >= 4 is 45.8 Å². The zero-order chi connectivity index (χ0) is 9.42. The van der Waals surface area contributed by atoms with Gasteiger partial charge >= 0.3 is 0 Å². The quantitative estimate of drug-likeness (QED) is 0.574. The zero-order valence-electron chi connectivity index (χ0n) is 6.94. The summed E-state index contributed by atoms with van der Waals surface area (Å²) in [5.74, 6) is 0. The molecule has 13 heavy (non-hydrogen) atoms. The van der Waals surface area contributed by atoms with E-state index in [9.17, 15) is 5.11 Å². The Morgan fingerprint density at radius 2 is 2.23 bits per heavy atom. The van der Waals surface area contributed by atoms with Gasteiger partial charge in [0.05, 0.1) is 4.90 Å². The predicted molar refractivity (Wildman–Crippen MR) is 62.5 cm³/mol. The van der Waals surface area contributed by atoms with Crippen molar-refractivity contribution in [3.63, 3.8) is 0 Å². The molecule has 0 amide bonds. The van der Waals surface area contributed by atoms with Crippen LogP contribution in [-0.2, 0) is 0 Å². The van der Waals surface area contributed by atoms with E-state index in [0.717, 1.165) is 10.1 Å². The minimum Gasteiger partial charge on any atom is -0.499 e. The van der Waals surface area contributed by atoms with Crippen LogP contribution in [0.5, 0.6) is 5.06 Å². The maximum absolute atomic E-state index is 9.44. The molecule has 0 bridgehead atoms. The van der Waals surface area contributed by atoms with Crippen molar-refractivity contribution in [2.45, 2.75) is 9.79 Å². The number of hydrogen-bond donors (Lipinski definition) is 2. The largest absolute Gasteiger partial charge is 0.499 e. The lowest BCUT2D eigenvalue weighted by Gasteiger charge is -1.95. The minimum absolute atomic E-state index is 0.302. The molecule has 1 aromatic heterocycles. The van der Waals surface area contributed by atoms with Crippen LogP contribution in [0.1, 0.15) is 0 Å². The Hall–Kier alpha value is -0.320. The van der Waals surface area contributed by atoms with Crippen LogP contribution in [0, 0.1) is 0 Å². The van der Waals surface area contributed by atoms with E-state index in [0.29, 0.717) is 9.96 Å². The van der Waals surface area contributed by atoms with Crippen molar-refractivity contribution in [2.24, 2.45) is 0 Å². The fraction of sp³-hybridized carbons (Fsp3) is 0.111. The molecule has 0 aliphatic carbocycles. The summed E-state index contributed by atoms with van der Waals surface area (Å²) in [5, 5.41) is 10.8. The van der Waals surface area contributed by atoms with Gasteiger partial charge < -0.3 is 5.11 Å². The first-order chi connectivity index (χ1) is 6.22. The number of thiophene rings is 1. The lowest BCUT2D eigenvalue weighted by molar-refractivity contribution is 0.480. The second kappa shape index (κ2) is 3.44. The van der Waals surface area contributed by atoms with Crippen molar-refractivity contribution < 1.29 is 5.11 Å². The van der Waals surface area contributed by atoms with Crippen LogP contribution in [0.4, 0.5) is 0 Å². The second-order valence-corrected chi connectivity index (χ2v) is 4.98. The molecule has 2 rings (SSSR count). The Labute approximate surface area is 90.2 Å². The summed E-state index contributed by atoms with van der Waals surface area (Å²) in [7, 11) is 0. The molecule has 1 aromatic carbocycles. The highest BCUT2D eigenvalue weighted by Gasteiger charge is 2.07. The van der Waals surface area contributed by atoms with Gasteiger partial charge in [-0.1, -0.05) is 11.3 Å². The molecule has 4 heteroatoms. The van der Waals surface area contributed by atoms with Crippen molar-refractivity contribution in [3.8, 4) is 5.06 Å². The van der Waals surface area contributed by atoms with Gasteiger partial charge in [0, 0.05) is 15.0 Å². The van der Waals surface area contributed by atoms with E-state index in [1.54, 1.807) is 11.8 Å². The van der Waals surface area contributed by atoms with Gasteiger partial charge in [0.25, 0.3) is 0 Å². The second-order valence-electron chi connectivity index (χ2n) is 2.62. The Kier molecular flexibility index (Phi) is 2.45. The number of thiol groups is 1. The molecule has 1 heterocycles. The Morgan fingerprint density at radius 1 is 1.46 bits per heavy atom. The maximum atomic E-state index is 9.44. The van der Waals surface area contributed by atoms with E-state index in [1.807, 2.05) is 12.3 Å². The molecule has 0 fully saturated rings. The zero-order valence-corrected chi connectivity index (χ0v) is 9.47. The molecule has 68 valence electrons. The van der Waals surface area contributed by atoms with Gasteiger partial charge in [-0.3, -0.25) is 0 Å². The standard InChI is InChI=1S/C9H8OS3/c1-12-5-2-3-7-6(4-5)8(11)9(10)13-7/h2-4,10-11H,1H3. The van der Waals surface area contributed by atoms with E-state index in [2.05, 4.69) is 24.8 Å². The van der Waals surface area contributed by atoms with Crippen LogP contribution in [0.3, 0.4) is 0 Å². The molecule has 1 nitrogen and oxygen atoms in total. The van der Waals surface area contributed by atoms with Crippen molar-refractivity contribution in [2.75, 3.05) is 6.26 Å². The fourth-order valence-electron chi connectivity index (χ4n) is 1.18. The highest BCUT2D eigenvalue weighted by Crippen LogP contribution is 2.40. The summed E-state index contributed by atoms with van der Waals surface area (Å²) in [6.07, 6.45) is 2.03. The molecule has 1 N–H and O–H groups in total. The molecule has 0 saturated heterocycles. The number of benzene rings is 1. The monoisotopic (exact) mass is 228 g/mol. The summed E-state index contributed by atoms with van der Waals surface area (Å²) in [4.78, 5) is 1.89. The topological polar surface area (TPSA) is 20.2 Å². The molecular weight excluding hydrogens is 220 g/mol. The number of fused-ring (bicyclic) bond motifs is 1. The minimum atomic E-state index is 0.302. The third kappa shape index (κ3) is 1.54. The third-order valence-corrected chi connectivity index (χ3v) is 4.15. The van der Waals surface area contributed by atoms with Gasteiger partial charge in [-0.25, -0.2) is 0 Å². The van der Waals surface area contributed by atoms with Gasteiger partial charge in [0.2, 0.25) is 0 Å². The first-order valence-electron chi connectivity index (χ1n) is 3.71. The third-order valence-electron chi connectivity index (χ3n) is 1.85. The van der Waals surface area contributed by atoms with Crippen LogP contribution in [-0.4, -0.2) is 11.4 Å². The van der Waals surface area contributed by atoms with Gasteiger partial charge in [-0.05, 0) is 24.5 Å². The molecule has 0 spiro atoms. The van der Waals surface area contributed by atoms with Crippen molar-refractivity contribution in [1.82, 2.24) is 0 Å². The SMILES string of the molecule is CSc1ccc2sc(O)c(S)c2c1. The Bertz CT molecular complexity index is 447. The number of aromatic hydroxyl groups is 1.